The Morgan fingerprint density at radius 2 is 2.00 bits per heavy atom. The first-order valence-corrected chi connectivity index (χ1v) is 8.42. The van der Waals surface area contributed by atoms with Gasteiger partial charge in [0.1, 0.15) is 10.6 Å². The third kappa shape index (κ3) is 4.10. The third-order valence-electron chi connectivity index (χ3n) is 3.41. The highest BCUT2D eigenvalue weighted by molar-refractivity contribution is 7.16. The van der Waals surface area contributed by atoms with E-state index in [4.69, 9.17) is 4.74 Å². The second-order valence-electron chi connectivity index (χ2n) is 5.31. The summed E-state index contributed by atoms with van der Waals surface area (Å²) in [4.78, 5) is 40.0. The molecule has 2 aromatic heterocycles. The summed E-state index contributed by atoms with van der Waals surface area (Å²) in [7, 11) is 0. The molecule has 128 valence electrons. The van der Waals surface area contributed by atoms with Crippen LogP contribution in [-0.2, 0) is 16.1 Å². The standard InChI is InChI=1S/C17H15N3O4S/c1-11(21)19-12-2-4-13(5-3-12)24-15(22)6-8-20-10-18-16-14(17(20)23)7-9-25-16/h2-5,7,9-10H,6,8H2,1H3,(H,19,21). The molecule has 0 radical (unpaired) electrons. The van der Waals surface area contributed by atoms with Crippen LogP contribution in [0.1, 0.15) is 13.3 Å². The van der Waals surface area contributed by atoms with Crippen molar-refractivity contribution in [2.45, 2.75) is 19.9 Å². The van der Waals surface area contributed by atoms with Crippen LogP contribution in [-0.4, -0.2) is 21.4 Å². The monoisotopic (exact) mass is 357 g/mol. The van der Waals surface area contributed by atoms with Gasteiger partial charge in [-0.05, 0) is 35.7 Å². The highest BCUT2D eigenvalue weighted by Crippen LogP contribution is 2.16. The number of nitrogens with one attached hydrogen (secondary N) is 1. The molecule has 25 heavy (non-hydrogen) atoms. The molecular weight excluding hydrogens is 342 g/mol. The molecule has 0 saturated heterocycles. The highest BCUT2D eigenvalue weighted by Gasteiger charge is 2.09. The summed E-state index contributed by atoms with van der Waals surface area (Å²) in [5.41, 5.74) is 0.452. The lowest BCUT2D eigenvalue weighted by molar-refractivity contribution is -0.134. The molecule has 2 heterocycles. The number of aryl methyl sites for hydroxylation is 1. The summed E-state index contributed by atoms with van der Waals surface area (Å²) < 4.78 is 6.62. The molecule has 1 N–H and O–H groups in total. The number of thiophene rings is 1. The lowest BCUT2D eigenvalue weighted by Crippen LogP contribution is -2.22. The van der Waals surface area contributed by atoms with Crippen LogP contribution in [0.5, 0.6) is 5.75 Å². The van der Waals surface area contributed by atoms with Crippen LogP contribution in [0.25, 0.3) is 10.2 Å². The molecule has 3 aromatic rings. The molecule has 0 aliphatic heterocycles. The molecule has 1 aromatic carbocycles. The molecule has 8 heteroatoms. The zero-order chi connectivity index (χ0) is 17.8. The molecule has 3 rings (SSSR count). The van der Waals surface area contributed by atoms with Gasteiger partial charge in [-0.15, -0.1) is 11.3 Å². The van der Waals surface area contributed by atoms with Crippen molar-refractivity contribution in [2.75, 3.05) is 5.32 Å². The Morgan fingerprint density at radius 3 is 2.72 bits per heavy atom. The van der Waals surface area contributed by atoms with E-state index in [0.29, 0.717) is 21.7 Å². The SMILES string of the molecule is CC(=O)Nc1ccc(OC(=O)CCn2cnc3sccc3c2=O)cc1. The largest absolute Gasteiger partial charge is 0.426 e. The zero-order valence-electron chi connectivity index (χ0n) is 13.4. The summed E-state index contributed by atoms with van der Waals surface area (Å²) in [6.07, 6.45) is 1.49. The first-order valence-electron chi connectivity index (χ1n) is 7.54. The van der Waals surface area contributed by atoms with Crippen LogP contribution in [0.3, 0.4) is 0 Å². The summed E-state index contributed by atoms with van der Waals surface area (Å²) >= 11 is 1.40. The minimum Gasteiger partial charge on any atom is -0.426 e. The Balaban J connectivity index is 1.59. The van der Waals surface area contributed by atoms with Crippen LogP contribution in [0.15, 0.2) is 46.8 Å². The number of nitrogens with zero attached hydrogens (tertiary/aromatic N) is 2. The van der Waals surface area contributed by atoms with E-state index in [-0.39, 0.29) is 24.4 Å². The molecule has 0 bridgehead atoms. The van der Waals surface area contributed by atoms with Gasteiger partial charge in [0.2, 0.25) is 5.91 Å². The molecule has 0 saturated carbocycles. The van der Waals surface area contributed by atoms with Gasteiger partial charge < -0.3 is 10.1 Å². The number of hydrogen-bond donors (Lipinski definition) is 1. The van der Waals surface area contributed by atoms with Gasteiger partial charge >= 0.3 is 5.97 Å². The second kappa shape index (κ2) is 7.27. The van der Waals surface area contributed by atoms with Crippen molar-refractivity contribution in [1.82, 2.24) is 9.55 Å². The number of aromatic nitrogens is 2. The number of carbonyl (C=O) groups is 2. The van der Waals surface area contributed by atoms with E-state index in [1.807, 2.05) is 5.38 Å². The van der Waals surface area contributed by atoms with Crippen molar-refractivity contribution in [1.29, 1.82) is 0 Å². The van der Waals surface area contributed by atoms with Crippen molar-refractivity contribution in [2.24, 2.45) is 0 Å². The number of rotatable bonds is 5. The van der Waals surface area contributed by atoms with Gasteiger partial charge in [0.15, 0.2) is 0 Å². The van der Waals surface area contributed by atoms with Crippen LogP contribution in [0.4, 0.5) is 5.69 Å². The Bertz CT molecular complexity index is 975. The van der Waals surface area contributed by atoms with E-state index in [0.717, 1.165) is 0 Å². The van der Waals surface area contributed by atoms with Gasteiger partial charge in [-0.3, -0.25) is 19.0 Å². The van der Waals surface area contributed by atoms with Crippen LogP contribution < -0.4 is 15.6 Å². The zero-order valence-corrected chi connectivity index (χ0v) is 14.2. The molecule has 0 fully saturated rings. The van der Waals surface area contributed by atoms with E-state index < -0.39 is 5.97 Å². The fraction of sp³-hybridized carbons (Fsp3) is 0.176. The third-order valence-corrected chi connectivity index (χ3v) is 4.23. The molecule has 0 unspecified atom stereocenters. The van der Waals surface area contributed by atoms with E-state index in [1.54, 1.807) is 30.3 Å². The number of amides is 1. The van der Waals surface area contributed by atoms with E-state index in [2.05, 4.69) is 10.3 Å². The van der Waals surface area contributed by atoms with Crippen LogP contribution in [0, 0.1) is 0 Å². The summed E-state index contributed by atoms with van der Waals surface area (Å²) in [5.74, 6) is -0.256. The summed E-state index contributed by atoms with van der Waals surface area (Å²) in [6.45, 7) is 1.61. The van der Waals surface area contributed by atoms with Crippen LogP contribution >= 0.6 is 11.3 Å². The van der Waals surface area contributed by atoms with Crippen molar-refractivity contribution in [3.05, 3.63) is 52.4 Å². The number of hydrogen-bond acceptors (Lipinski definition) is 6. The van der Waals surface area contributed by atoms with E-state index >= 15 is 0 Å². The lowest BCUT2D eigenvalue weighted by atomic mass is 10.3. The van der Waals surface area contributed by atoms with Gasteiger partial charge in [-0.2, -0.15) is 0 Å². The molecule has 0 spiro atoms. The van der Waals surface area contributed by atoms with Gasteiger partial charge in [0.05, 0.1) is 18.1 Å². The minimum atomic E-state index is -0.454. The van der Waals surface area contributed by atoms with E-state index in [1.165, 1.54) is 29.2 Å². The van der Waals surface area contributed by atoms with Crippen molar-refractivity contribution >= 4 is 39.1 Å². The number of fused-ring (bicyclic) bond motifs is 1. The average molecular weight is 357 g/mol. The maximum absolute atomic E-state index is 12.2. The first-order chi connectivity index (χ1) is 12.0. The molecule has 0 atom stereocenters. The Kier molecular flexibility index (Phi) is 4.90. The van der Waals surface area contributed by atoms with Gasteiger partial charge in [-0.25, -0.2) is 4.98 Å². The Labute approximate surface area is 146 Å². The van der Waals surface area contributed by atoms with Crippen molar-refractivity contribution in [3.63, 3.8) is 0 Å². The second-order valence-corrected chi connectivity index (χ2v) is 6.21. The Morgan fingerprint density at radius 1 is 1.24 bits per heavy atom. The number of carbonyl (C=O) groups excluding carboxylic acids is 2. The van der Waals surface area contributed by atoms with Crippen LogP contribution in [0.2, 0.25) is 0 Å². The number of benzene rings is 1. The molecule has 7 nitrogen and oxygen atoms in total. The van der Waals surface area contributed by atoms with Gasteiger partial charge in [-0.1, -0.05) is 0 Å². The van der Waals surface area contributed by atoms with Gasteiger partial charge in [0, 0.05) is 19.2 Å². The minimum absolute atomic E-state index is 0.0463. The summed E-state index contributed by atoms with van der Waals surface area (Å²) in [5, 5.41) is 4.99. The lowest BCUT2D eigenvalue weighted by Gasteiger charge is -2.07. The first kappa shape index (κ1) is 16.8. The predicted octanol–water partition coefficient (Wildman–Crippen LogP) is 2.41. The van der Waals surface area contributed by atoms with E-state index in [9.17, 15) is 14.4 Å². The number of ether oxygens (including phenoxy) is 1. The molecule has 0 aliphatic carbocycles. The van der Waals surface area contributed by atoms with Crippen molar-refractivity contribution < 1.29 is 14.3 Å². The Hall–Kier alpha value is -3.00. The predicted molar refractivity (Wildman–Crippen MR) is 94.9 cm³/mol. The van der Waals surface area contributed by atoms with Gasteiger partial charge in [0.25, 0.3) is 5.56 Å². The highest BCUT2D eigenvalue weighted by atomic mass is 32.1. The molecular formula is C17H15N3O4S. The fourth-order valence-electron chi connectivity index (χ4n) is 2.26. The maximum atomic E-state index is 12.2. The topological polar surface area (TPSA) is 90.3 Å². The van der Waals surface area contributed by atoms with Crippen molar-refractivity contribution in [3.8, 4) is 5.75 Å². The number of esters is 1. The maximum Gasteiger partial charge on any atom is 0.312 e. The average Bonchev–Trinajstić information content (AvgIpc) is 3.05. The number of anilines is 1. The normalized spacial score (nSPS) is 10.6. The smallest absolute Gasteiger partial charge is 0.312 e. The fourth-order valence-corrected chi connectivity index (χ4v) is 2.98. The molecule has 0 aliphatic rings. The molecule has 1 amide bonds. The summed E-state index contributed by atoms with van der Waals surface area (Å²) in [6, 6.07) is 8.19. The quantitative estimate of drug-likeness (QED) is 0.559.